The zero-order chi connectivity index (χ0) is 29.0. The molecule has 0 fully saturated rings. The molecule has 0 spiro atoms. The topological polar surface area (TPSA) is 65.0 Å². The third-order valence-electron chi connectivity index (χ3n) is 8.15. The fourth-order valence-corrected chi connectivity index (χ4v) is 6.01. The first kappa shape index (κ1) is 24.5. The van der Waals surface area contributed by atoms with Gasteiger partial charge in [0.15, 0.2) is 17.5 Å². The van der Waals surface area contributed by atoms with Crippen molar-refractivity contribution < 1.29 is 8.83 Å². The maximum absolute atomic E-state index is 6.41. The van der Waals surface area contributed by atoms with Gasteiger partial charge in [-0.15, -0.1) is 0 Å². The van der Waals surface area contributed by atoms with Gasteiger partial charge in [-0.3, -0.25) is 0 Å². The highest BCUT2D eigenvalue weighted by Gasteiger charge is 2.18. The van der Waals surface area contributed by atoms with Crippen LogP contribution in [0.3, 0.4) is 0 Å². The van der Waals surface area contributed by atoms with Gasteiger partial charge in [-0.1, -0.05) is 109 Å². The van der Waals surface area contributed by atoms with Crippen LogP contribution >= 0.6 is 0 Å². The molecule has 0 unspecified atom stereocenters. The summed E-state index contributed by atoms with van der Waals surface area (Å²) in [5.74, 6) is 1.82. The monoisotopic (exact) mass is 565 g/mol. The zero-order valence-electron chi connectivity index (χ0n) is 23.4. The Kier molecular flexibility index (Phi) is 5.43. The smallest absolute Gasteiger partial charge is 0.164 e. The summed E-state index contributed by atoms with van der Waals surface area (Å²) in [6.45, 7) is 0. The van der Waals surface area contributed by atoms with Gasteiger partial charge in [-0.2, -0.15) is 0 Å². The number of hydrogen-bond acceptors (Lipinski definition) is 5. The van der Waals surface area contributed by atoms with E-state index in [9.17, 15) is 0 Å². The molecule has 0 aliphatic heterocycles. The summed E-state index contributed by atoms with van der Waals surface area (Å²) < 4.78 is 12.6. The summed E-state index contributed by atoms with van der Waals surface area (Å²) in [5.41, 5.74) is 8.31. The van der Waals surface area contributed by atoms with Gasteiger partial charge in [0.05, 0.1) is 0 Å². The lowest BCUT2D eigenvalue weighted by atomic mass is 10.0. The fraction of sp³-hybridized carbons (Fsp3) is 0. The highest BCUT2D eigenvalue weighted by Crippen LogP contribution is 2.40. The Labute approximate surface area is 252 Å². The first-order valence-electron chi connectivity index (χ1n) is 14.5. The van der Waals surface area contributed by atoms with Crippen molar-refractivity contribution in [2.24, 2.45) is 0 Å². The van der Waals surface area contributed by atoms with E-state index in [0.29, 0.717) is 17.5 Å². The minimum Gasteiger partial charge on any atom is -0.456 e. The van der Waals surface area contributed by atoms with Crippen LogP contribution in [0.5, 0.6) is 0 Å². The molecule has 206 valence electrons. The maximum Gasteiger partial charge on any atom is 0.164 e. The van der Waals surface area contributed by atoms with Crippen molar-refractivity contribution in [3.05, 3.63) is 140 Å². The van der Waals surface area contributed by atoms with Crippen molar-refractivity contribution in [2.45, 2.75) is 0 Å². The number of rotatable bonds is 4. The van der Waals surface area contributed by atoms with Crippen molar-refractivity contribution in [1.82, 2.24) is 15.0 Å². The second-order valence-corrected chi connectivity index (χ2v) is 10.8. The lowest BCUT2D eigenvalue weighted by Gasteiger charge is -2.09. The van der Waals surface area contributed by atoms with Gasteiger partial charge >= 0.3 is 0 Å². The van der Waals surface area contributed by atoms with Crippen molar-refractivity contribution in [1.29, 1.82) is 0 Å². The van der Waals surface area contributed by atoms with Gasteiger partial charge in [0.25, 0.3) is 0 Å². The molecule has 0 N–H and O–H groups in total. The lowest BCUT2D eigenvalue weighted by Crippen LogP contribution is -2.00. The van der Waals surface area contributed by atoms with Crippen molar-refractivity contribution >= 4 is 43.9 Å². The van der Waals surface area contributed by atoms with E-state index in [1.54, 1.807) is 0 Å². The largest absolute Gasteiger partial charge is 0.456 e. The second-order valence-electron chi connectivity index (χ2n) is 10.8. The Morgan fingerprint density at radius 1 is 0.318 bits per heavy atom. The minimum absolute atomic E-state index is 0.585. The van der Waals surface area contributed by atoms with E-state index in [1.165, 1.54) is 5.56 Å². The summed E-state index contributed by atoms with van der Waals surface area (Å²) in [6, 6.07) is 47.0. The third-order valence-corrected chi connectivity index (χ3v) is 8.15. The van der Waals surface area contributed by atoms with E-state index in [4.69, 9.17) is 23.8 Å². The highest BCUT2D eigenvalue weighted by molar-refractivity contribution is 6.25. The Morgan fingerprint density at radius 2 is 0.773 bits per heavy atom. The third kappa shape index (κ3) is 3.98. The number of fused-ring (bicyclic) bond motifs is 7. The Bertz CT molecular complexity index is 2480. The molecule has 0 amide bonds. The fourth-order valence-electron chi connectivity index (χ4n) is 6.01. The number of aromatic nitrogens is 3. The van der Waals surface area contributed by atoms with Gasteiger partial charge in [-0.25, -0.2) is 15.0 Å². The average molecular weight is 566 g/mol. The predicted octanol–water partition coefficient (Wildman–Crippen LogP) is 10.3. The van der Waals surface area contributed by atoms with Crippen LogP contribution in [0.15, 0.2) is 148 Å². The summed E-state index contributed by atoms with van der Waals surface area (Å²) >= 11 is 0. The quantitative estimate of drug-likeness (QED) is 0.212. The van der Waals surface area contributed by atoms with Crippen molar-refractivity contribution in [3.8, 4) is 45.3 Å². The van der Waals surface area contributed by atoms with E-state index < -0.39 is 0 Å². The molecular weight excluding hydrogens is 542 g/mol. The Hall–Kier alpha value is -6.07. The number of hydrogen-bond donors (Lipinski definition) is 0. The Morgan fingerprint density at radius 3 is 1.45 bits per heavy atom. The Balaban J connectivity index is 1.20. The standard InChI is InChI=1S/C39H23N3O2/c1-3-9-24(10-4-1)25-15-17-27(18-16-25)38-40-37(26-11-5-2-6-12-26)41-39(42-38)28-19-20-30-34(23-28)44-33-22-21-32-35(36(30)33)29-13-7-8-14-31(29)43-32/h1-23H. The molecule has 44 heavy (non-hydrogen) atoms. The molecule has 0 atom stereocenters. The van der Waals surface area contributed by atoms with E-state index >= 15 is 0 Å². The van der Waals surface area contributed by atoms with Crippen LogP contribution < -0.4 is 0 Å². The van der Waals surface area contributed by atoms with Crippen LogP contribution in [-0.4, -0.2) is 15.0 Å². The van der Waals surface area contributed by atoms with Crippen molar-refractivity contribution in [2.75, 3.05) is 0 Å². The van der Waals surface area contributed by atoms with Gasteiger partial charge in [0.1, 0.15) is 22.3 Å². The van der Waals surface area contributed by atoms with Gasteiger partial charge in [-0.05, 0) is 41.5 Å². The first-order chi connectivity index (χ1) is 21.8. The van der Waals surface area contributed by atoms with Gasteiger partial charge < -0.3 is 8.83 Å². The van der Waals surface area contributed by atoms with Crippen LogP contribution in [-0.2, 0) is 0 Å². The van der Waals surface area contributed by atoms with Crippen LogP contribution in [0.1, 0.15) is 0 Å². The molecule has 9 aromatic rings. The molecule has 3 heterocycles. The summed E-state index contributed by atoms with van der Waals surface area (Å²) in [6.07, 6.45) is 0. The number of benzene rings is 6. The molecule has 0 saturated carbocycles. The lowest BCUT2D eigenvalue weighted by molar-refractivity contribution is 0.663. The van der Waals surface area contributed by atoms with E-state index in [2.05, 4.69) is 54.6 Å². The maximum atomic E-state index is 6.41. The molecule has 0 radical (unpaired) electrons. The first-order valence-corrected chi connectivity index (χ1v) is 14.5. The van der Waals surface area contributed by atoms with Crippen LogP contribution in [0.2, 0.25) is 0 Å². The minimum atomic E-state index is 0.585. The molecule has 0 bridgehead atoms. The SMILES string of the molecule is c1ccc(-c2ccc(-c3nc(-c4ccccc4)nc(-c4ccc5c(c4)oc4ccc6oc7ccccc7c6c45)n3)cc2)cc1. The van der Waals surface area contributed by atoms with E-state index in [-0.39, 0.29) is 0 Å². The molecular formula is C39H23N3O2. The van der Waals surface area contributed by atoms with Crippen LogP contribution in [0.25, 0.3) is 89.2 Å². The number of nitrogens with zero attached hydrogens (tertiary/aromatic N) is 3. The van der Waals surface area contributed by atoms with E-state index in [1.807, 2.05) is 84.9 Å². The highest BCUT2D eigenvalue weighted by atomic mass is 16.3. The van der Waals surface area contributed by atoms with Crippen LogP contribution in [0, 0.1) is 0 Å². The van der Waals surface area contributed by atoms with Gasteiger partial charge in [0.2, 0.25) is 0 Å². The molecule has 0 aliphatic carbocycles. The summed E-state index contributed by atoms with van der Waals surface area (Å²) in [7, 11) is 0. The predicted molar refractivity (Wildman–Crippen MR) is 176 cm³/mol. The molecule has 0 aliphatic rings. The van der Waals surface area contributed by atoms with Crippen molar-refractivity contribution in [3.63, 3.8) is 0 Å². The molecule has 5 nitrogen and oxygen atoms in total. The van der Waals surface area contributed by atoms with E-state index in [0.717, 1.165) is 66.1 Å². The summed E-state index contributed by atoms with van der Waals surface area (Å²) in [4.78, 5) is 14.8. The number of furan rings is 2. The molecule has 0 saturated heterocycles. The zero-order valence-corrected chi connectivity index (χ0v) is 23.4. The molecule has 5 heteroatoms. The number of para-hydroxylation sites is 1. The molecule has 3 aromatic heterocycles. The summed E-state index contributed by atoms with van der Waals surface area (Å²) in [5, 5.41) is 4.22. The molecule has 9 rings (SSSR count). The molecule has 6 aromatic carbocycles. The van der Waals surface area contributed by atoms with Gasteiger partial charge in [0, 0.05) is 38.2 Å². The normalized spacial score (nSPS) is 11.6. The average Bonchev–Trinajstić information content (AvgIpc) is 3.66. The van der Waals surface area contributed by atoms with Crippen LogP contribution in [0.4, 0.5) is 0 Å². The second kappa shape index (κ2) is 9.75.